The molecule has 1 aromatic heterocycles. The Morgan fingerprint density at radius 2 is 2.04 bits per heavy atom. The number of hydrogen-bond donors (Lipinski definition) is 2. The van der Waals surface area contributed by atoms with E-state index >= 15 is 0 Å². The number of carboxylic acid groups (broad SMARTS) is 1. The van der Waals surface area contributed by atoms with Gasteiger partial charge >= 0.3 is 5.97 Å². The lowest BCUT2D eigenvalue weighted by Crippen LogP contribution is -2.42. The number of aromatic nitrogens is 2. The largest absolute Gasteiger partial charge is 0.480 e. The third kappa shape index (κ3) is 4.11. The highest BCUT2D eigenvalue weighted by molar-refractivity contribution is 6.30. The second-order valence-corrected chi connectivity index (χ2v) is 6.18. The monoisotopic (exact) mass is 349 g/mol. The van der Waals surface area contributed by atoms with Gasteiger partial charge in [0.2, 0.25) is 17.6 Å². The fourth-order valence-corrected chi connectivity index (χ4v) is 2.48. The number of rotatable bonds is 7. The highest BCUT2D eigenvalue weighted by Crippen LogP contribution is 2.32. The molecule has 2 aromatic rings. The van der Waals surface area contributed by atoms with Crippen LogP contribution in [0.2, 0.25) is 5.02 Å². The van der Waals surface area contributed by atoms with Gasteiger partial charge in [0.15, 0.2) is 0 Å². The van der Waals surface area contributed by atoms with Crippen molar-refractivity contribution in [1.82, 2.24) is 15.5 Å². The summed E-state index contributed by atoms with van der Waals surface area (Å²) in [7, 11) is 0. The smallest absolute Gasteiger partial charge is 0.326 e. The van der Waals surface area contributed by atoms with Gasteiger partial charge in [-0.15, -0.1) is 0 Å². The first-order chi connectivity index (χ1) is 11.5. The van der Waals surface area contributed by atoms with Crippen molar-refractivity contribution in [3.8, 4) is 11.4 Å². The van der Waals surface area contributed by atoms with Crippen molar-refractivity contribution in [3.63, 3.8) is 0 Å². The van der Waals surface area contributed by atoms with Gasteiger partial charge in [-0.2, -0.15) is 4.98 Å². The van der Waals surface area contributed by atoms with Crippen LogP contribution in [-0.4, -0.2) is 33.2 Å². The molecular formula is C16H16ClN3O4. The summed E-state index contributed by atoms with van der Waals surface area (Å²) in [5.74, 6) is -0.530. The summed E-state index contributed by atoms with van der Waals surface area (Å²) in [5, 5.41) is 16.1. The maximum Gasteiger partial charge on any atom is 0.326 e. The predicted octanol–water partition coefficient (Wildman–Crippen LogP) is 2.30. The summed E-state index contributed by atoms with van der Waals surface area (Å²) in [6.45, 7) is 0. The molecule has 7 nitrogen and oxygen atoms in total. The first-order valence-electron chi connectivity index (χ1n) is 7.63. The average molecular weight is 350 g/mol. The van der Waals surface area contributed by atoms with E-state index in [2.05, 4.69) is 15.5 Å². The fraction of sp³-hybridized carbons (Fsp3) is 0.375. The number of carbonyl (C=O) groups is 2. The highest BCUT2D eigenvalue weighted by Gasteiger charge is 2.37. The predicted molar refractivity (Wildman–Crippen MR) is 85.4 cm³/mol. The van der Waals surface area contributed by atoms with E-state index < -0.39 is 12.0 Å². The minimum Gasteiger partial charge on any atom is -0.480 e. The molecule has 0 spiro atoms. The Kier molecular flexibility index (Phi) is 4.80. The molecule has 1 fully saturated rings. The molecule has 3 rings (SSSR count). The number of carboxylic acids is 1. The van der Waals surface area contributed by atoms with Crippen LogP contribution in [-0.2, 0) is 16.0 Å². The summed E-state index contributed by atoms with van der Waals surface area (Å²) in [4.78, 5) is 27.2. The number of benzene rings is 1. The number of nitrogens with zero attached hydrogens (tertiary/aromatic N) is 2. The maximum atomic E-state index is 11.9. The van der Waals surface area contributed by atoms with Gasteiger partial charge in [0.25, 0.3) is 0 Å². The second kappa shape index (κ2) is 7.00. The van der Waals surface area contributed by atoms with Gasteiger partial charge in [-0.3, -0.25) is 4.79 Å². The average Bonchev–Trinajstić information content (AvgIpc) is 3.28. The maximum absolute atomic E-state index is 11.9. The minimum absolute atomic E-state index is 0.0476. The van der Waals surface area contributed by atoms with E-state index in [4.69, 9.17) is 21.2 Å². The van der Waals surface area contributed by atoms with Gasteiger partial charge in [-0.25, -0.2) is 4.79 Å². The number of amides is 1. The third-order valence-corrected chi connectivity index (χ3v) is 4.06. The van der Waals surface area contributed by atoms with Crippen molar-refractivity contribution >= 4 is 23.5 Å². The Balaban J connectivity index is 1.54. The topological polar surface area (TPSA) is 105 Å². The molecule has 1 aromatic carbocycles. The van der Waals surface area contributed by atoms with Crippen LogP contribution in [0.15, 0.2) is 28.8 Å². The molecule has 1 unspecified atom stereocenters. The molecule has 1 aliphatic rings. The Bertz CT molecular complexity index is 740. The van der Waals surface area contributed by atoms with Crippen LogP contribution in [0.1, 0.15) is 25.2 Å². The van der Waals surface area contributed by atoms with Crippen molar-refractivity contribution in [1.29, 1.82) is 0 Å². The number of hydrogen-bond acceptors (Lipinski definition) is 5. The van der Waals surface area contributed by atoms with Crippen LogP contribution in [0, 0.1) is 5.92 Å². The molecule has 1 heterocycles. The fourth-order valence-electron chi connectivity index (χ4n) is 2.35. The Labute approximate surface area is 143 Å². The summed E-state index contributed by atoms with van der Waals surface area (Å²) < 4.78 is 5.12. The van der Waals surface area contributed by atoms with Gasteiger partial charge in [-0.1, -0.05) is 16.8 Å². The molecular weight excluding hydrogens is 334 g/mol. The number of halogens is 1. The minimum atomic E-state index is -0.992. The summed E-state index contributed by atoms with van der Waals surface area (Å²) in [5.41, 5.74) is 0.763. The van der Waals surface area contributed by atoms with Crippen LogP contribution in [0.25, 0.3) is 11.4 Å². The SMILES string of the molecule is O=C(CCc1nc(-c2ccc(Cl)cc2)no1)NC(C(=O)O)C1CC1. The summed E-state index contributed by atoms with van der Waals surface area (Å²) in [6.07, 6.45) is 2.03. The first-order valence-corrected chi connectivity index (χ1v) is 8.01. The first kappa shape index (κ1) is 16.4. The van der Waals surface area contributed by atoms with Crippen molar-refractivity contribution in [2.24, 2.45) is 5.92 Å². The second-order valence-electron chi connectivity index (χ2n) is 5.74. The molecule has 0 aliphatic heterocycles. The van der Waals surface area contributed by atoms with Crippen LogP contribution in [0.3, 0.4) is 0 Å². The summed E-state index contributed by atoms with van der Waals surface area (Å²) >= 11 is 5.83. The molecule has 1 amide bonds. The van der Waals surface area contributed by atoms with Gasteiger partial charge in [0.05, 0.1) is 0 Å². The normalized spacial score (nSPS) is 15.0. The molecule has 1 aliphatic carbocycles. The van der Waals surface area contributed by atoms with Gasteiger partial charge in [-0.05, 0) is 43.0 Å². The zero-order valence-corrected chi connectivity index (χ0v) is 13.5. The molecule has 0 bridgehead atoms. The number of aliphatic carboxylic acids is 1. The number of aryl methyl sites for hydroxylation is 1. The molecule has 8 heteroatoms. The van der Waals surface area contributed by atoms with Crippen molar-refractivity contribution < 1.29 is 19.2 Å². The number of nitrogens with one attached hydrogen (secondary N) is 1. The van der Waals surface area contributed by atoms with E-state index in [9.17, 15) is 9.59 Å². The Morgan fingerprint density at radius 3 is 2.67 bits per heavy atom. The lowest BCUT2D eigenvalue weighted by molar-refractivity contribution is -0.142. The quantitative estimate of drug-likeness (QED) is 0.794. The van der Waals surface area contributed by atoms with Crippen molar-refractivity contribution in [2.75, 3.05) is 0 Å². The van der Waals surface area contributed by atoms with E-state index in [1.165, 1.54) is 0 Å². The highest BCUT2D eigenvalue weighted by atomic mass is 35.5. The van der Waals surface area contributed by atoms with Crippen LogP contribution < -0.4 is 5.32 Å². The van der Waals surface area contributed by atoms with E-state index in [1.807, 2.05) is 0 Å². The molecule has 24 heavy (non-hydrogen) atoms. The van der Waals surface area contributed by atoms with E-state index in [-0.39, 0.29) is 24.7 Å². The van der Waals surface area contributed by atoms with Crippen LogP contribution >= 0.6 is 11.6 Å². The Hall–Kier alpha value is -2.41. The summed E-state index contributed by atoms with van der Waals surface area (Å²) in [6, 6.07) is 6.20. The number of carbonyl (C=O) groups excluding carboxylic acids is 1. The lowest BCUT2D eigenvalue weighted by Gasteiger charge is -2.12. The van der Waals surface area contributed by atoms with Gasteiger partial charge < -0.3 is 14.9 Å². The van der Waals surface area contributed by atoms with E-state index in [0.717, 1.165) is 18.4 Å². The zero-order valence-electron chi connectivity index (χ0n) is 12.7. The molecule has 0 saturated heterocycles. The van der Waals surface area contributed by atoms with Crippen LogP contribution in [0.5, 0.6) is 0 Å². The standard InChI is InChI=1S/C16H16ClN3O4/c17-11-5-3-10(4-6-11)15-19-13(24-20-15)8-7-12(21)18-14(16(22)23)9-1-2-9/h3-6,9,14H,1-2,7-8H2,(H,18,21)(H,22,23). The van der Waals surface area contributed by atoms with Gasteiger partial charge in [0.1, 0.15) is 6.04 Å². The molecule has 1 atom stereocenters. The van der Waals surface area contributed by atoms with Crippen molar-refractivity contribution in [2.45, 2.75) is 31.7 Å². The van der Waals surface area contributed by atoms with E-state index in [1.54, 1.807) is 24.3 Å². The third-order valence-electron chi connectivity index (χ3n) is 3.81. The molecule has 126 valence electrons. The van der Waals surface area contributed by atoms with Gasteiger partial charge in [0, 0.05) is 23.4 Å². The zero-order chi connectivity index (χ0) is 17.1. The van der Waals surface area contributed by atoms with Crippen LogP contribution in [0.4, 0.5) is 0 Å². The molecule has 2 N–H and O–H groups in total. The Morgan fingerprint density at radius 1 is 1.33 bits per heavy atom. The van der Waals surface area contributed by atoms with E-state index in [0.29, 0.717) is 16.7 Å². The molecule has 0 radical (unpaired) electrons. The lowest BCUT2D eigenvalue weighted by atomic mass is 10.1. The van der Waals surface area contributed by atoms with Crippen molar-refractivity contribution in [3.05, 3.63) is 35.2 Å². The molecule has 1 saturated carbocycles.